The van der Waals surface area contributed by atoms with Crippen LogP contribution < -0.4 is 5.73 Å². The Balaban J connectivity index is 1.17. The fraction of sp³-hybridized carbons (Fsp3) is 0.556. The van der Waals surface area contributed by atoms with E-state index >= 15 is 0 Å². The van der Waals surface area contributed by atoms with Crippen molar-refractivity contribution in [2.24, 2.45) is 5.92 Å². The van der Waals surface area contributed by atoms with E-state index in [9.17, 15) is 22.8 Å². The van der Waals surface area contributed by atoms with Gasteiger partial charge in [0.2, 0.25) is 5.91 Å². The first kappa shape index (κ1) is 27.0. The molecule has 5 rings (SSSR count). The van der Waals surface area contributed by atoms with Crippen molar-refractivity contribution in [3.63, 3.8) is 0 Å². The van der Waals surface area contributed by atoms with E-state index in [1.54, 1.807) is 6.07 Å². The van der Waals surface area contributed by atoms with Crippen molar-refractivity contribution in [3.05, 3.63) is 41.5 Å². The Morgan fingerprint density at radius 2 is 1.63 bits per heavy atom. The number of anilines is 1. The molecule has 0 bridgehead atoms. The minimum atomic E-state index is -4.40. The zero-order valence-electron chi connectivity index (χ0n) is 21.2. The van der Waals surface area contributed by atoms with Crippen LogP contribution in [0.5, 0.6) is 0 Å². The van der Waals surface area contributed by atoms with Crippen LogP contribution in [0.4, 0.5) is 18.2 Å². The van der Waals surface area contributed by atoms with Gasteiger partial charge < -0.3 is 20.3 Å². The molecule has 7 nitrogen and oxygen atoms in total. The number of carbonyl (C=O) groups is 2. The zero-order chi connectivity index (χ0) is 26.9. The van der Waals surface area contributed by atoms with Gasteiger partial charge in [0, 0.05) is 43.6 Å². The number of ether oxygens (including phenoxy) is 1. The van der Waals surface area contributed by atoms with Crippen LogP contribution in [0.2, 0.25) is 0 Å². The van der Waals surface area contributed by atoms with Crippen molar-refractivity contribution in [2.75, 3.05) is 58.2 Å². The first-order valence-electron chi connectivity index (χ1n) is 13.2. The molecule has 0 aliphatic carbocycles. The van der Waals surface area contributed by atoms with E-state index in [0.29, 0.717) is 66.4 Å². The molecule has 206 valence electrons. The number of hydrogen-bond donors (Lipinski definition) is 1. The molecule has 2 amide bonds. The van der Waals surface area contributed by atoms with Gasteiger partial charge in [-0.3, -0.25) is 14.5 Å². The molecule has 0 spiro atoms. The lowest BCUT2D eigenvalue weighted by Crippen LogP contribution is -2.53. The largest absolute Gasteiger partial charge is 0.416 e. The van der Waals surface area contributed by atoms with Crippen molar-refractivity contribution < 1.29 is 27.5 Å². The van der Waals surface area contributed by atoms with Crippen molar-refractivity contribution in [1.82, 2.24) is 14.7 Å². The van der Waals surface area contributed by atoms with E-state index in [1.165, 1.54) is 23.5 Å². The van der Waals surface area contributed by atoms with Crippen LogP contribution in [0.3, 0.4) is 0 Å². The number of hydrogen-bond acceptors (Lipinski definition) is 6. The molecule has 3 aliphatic heterocycles. The maximum absolute atomic E-state index is 13.3. The first-order valence-corrected chi connectivity index (χ1v) is 14.0. The predicted octanol–water partition coefficient (Wildman–Crippen LogP) is 4.19. The van der Waals surface area contributed by atoms with Gasteiger partial charge in [-0.1, -0.05) is 12.1 Å². The van der Waals surface area contributed by atoms with Gasteiger partial charge in [-0.15, -0.1) is 11.3 Å². The Hall–Kier alpha value is -2.63. The number of halogens is 3. The van der Waals surface area contributed by atoms with Crippen molar-refractivity contribution in [3.8, 4) is 10.4 Å². The summed E-state index contributed by atoms with van der Waals surface area (Å²) in [4.78, 5) is 33.1. The fourth-order valence-corrected chi connectivity index (χ4v) is 6.65. The Morgan fingerprint density at radius 1 is 0.947 bits per heavy atom. The summed E-state index contributed by atoms with van der Waals surface area (Å²) in [5, 5.41) is 0.368. The lowest BCUT2D eigenvalue weighted by atomic mass is 9.92. The predicted molar refractivity (Wildman–Crippen MR) is 140 cm³/mol. The first-order chi connectivity index (χ1) is 18.2. The number of benzene rings is 1. The highest BCUT2D eigenvalue weighted by Crippen LogP contribution is 2.37. The zero-order valence-corrected chi connectivity index (χ0v) is 22.0. The molecule has 0 radical (unpaired) electrons. The second kappa shape index (κ2) is 11.2. The molecular weight excluding hydrogens is 517 g/mol. The molecule has 1 aromatic carbocycles. The maximum Gasteiger partial charge on any atom is 0.416 e. The number of piperidine rings is 2. The van der Waals surface area contributed by atoms with Gasteiger partial charge in [0.05, 0.1) is 35.3 Å². The second-order valence-electron chi connectivity index (χ2n) is 10.3. The summed E-state index contributed by atoms with van der Waals surface area (Å²) in [5.41, 5.74) is 6.46. The lowest BCUT2D eigenvalue weighted by molar-refractivity contribution is -0.142. The third kappa shape index (κ3) is 5.84. The minimum Gasteiger partial charge on any atom is -0.390 e. The van der Waals surface area contributed by atoms with Gasteiger partial charge in [0.25, 0.3) is 5.91 Å². The molecule has 3 saturated heterocycles. The monoisotopic (exact) mass is 550 g/mol. The highest BCUT2D eigenvalue weighted by molar-refractivity contribution is 7.19. The summed E-state index contributed by atoms with van der Waals surface area (Å²) in [7, 11) is 0. The van der Waals surface area contributed by atoms with E-state index in [1.807, 2.05) is 9.80 Å². The second-order valence-corrected chi connectivity index (χ2v) is 11.3. The fourth-order valence-electron chi connectivity index (χ4n) is 5.72. The van der Waals surface area contributed by atoms with E-state index in [2.05, 4.69) is 4.90 Å². The van der Waals surface area contributed by atoms with Gasteiger partial charge in [-0.25, -0.2) is 0 Å². The van der Waals surface area contributed by atoms with Crippen molar-refractivity contribution in [1.29, 1.82) is 0 Å². The summed E-state index contributed by atoms with van der Waals surface area (Å²) in [5.74, 6) is 0.118. The Bertz CT molecular complexity index is 1140. The molecule has 1 atom stereocenters. The Morgan fingerprint density at radius 3 is 2.29 bits per heavy atom. The standard InChI is InChI=1S/C27H33F3N4O3S/c28-27(29,30)20-5-3-18(4-6-20)23-16-22(24(31)38-23)26(36)32-10-7-21(8-11-32)34-9-1-2-19(17-34)25(35)33-12-14-37-15-13-33/h3-6,16,19,21H,1-2,7-15,17,31H2/t19-/m1/s1. The molecular formula is C27H33F3N4O3S. The number of alkyl halides is 3. The van der Waals surface area contributed by atoms with Gasteiger partial charge in [0.15, 0.2) is 0 Å². The molecule has 3 fully saturated rings. The average Bonchev–Trinajstić information content (AvgIpc) is 3.34. The summed E-state index contributed by atoms with van der Waals surface area (Å²) < 4.78 is 44.0. The van der Waals surface area contributed by atoms with Crippen molar-refractivity contribution >= 4 is 28.2 Å². The summed E-state index contributed by atoms with van der Waals surface area (Å²) in [6.45, 7) is 5.50. The van der Waals surface area contributed by atoms with Crippen LogP contribution in [0.15, 0.2) is 30.3 Å². The molecule has 0 saturated carbocycles. The number of nitrogens with zero attached hydrogens (tertiary/aromatic N) is 3. The number of amides is 2. The normalized spacial score (nSPS) is 22.0. The smallest absolute Gasteiger partial charge is 0.390 e. The number of morpholine rings is 1. The Labute approximate surface area is 224 Å². The maximum atomic E-state index is 13.3. The third-order valence-electron chi connectivity index (χ3n) is 7.88. The van der Waals surface area contributed by atoms with E-state index in [4.69, 9.17) is 10.5 Å². The number of likely N-dealkylation sites (tertiary alicyclic amines) is 2. The number of rotatable bonds is 4. The summed E-state index contributed by atoms with van der Waals surface area (Å²) >= 11 is 1.21. The molecule has 11 heteroatoms. The van der Waals surface area contributed by atoms with Gasteiger partial charge in [0.1, 0.15) is 0 Å². The van der Waals surface area contributed by atoms with E-state index in [0.717, 1.165) is 50.9 Å². The van der Waals surface area contributed by atoms with Crippen LogP contribution in [-0.2, 0) is 15.7 Å². The van der Waals surface area contributed by atoms with Crippen LogP contribution >= 0.6 is 11.3 Å². The molecule has 3 aliphatic rings. The van der Waals surface area contributed by atoms with E-state index in [-0.39, 0.29) is 17.7 Å². The highest BCUT2D eigenvalue weighted by atomic mass is 32.1. The molecule has 38 heavy (non-hydrogen) atoms. The van der Waals surface area contributed by atoms with Gasteiger partial charge in [-0.2, -0.15) is 13.2 Å². The average molecular weight is 551 g/mol. The molecule has 0 unspecified atom stereocenters. The van der Waals surface area contributed by atoms with Crippen LogP contribution in [0.1, 0.15) is 41.6 Å². The molecule has 4 heterocycles. The van der Waals surface area contributed by atoms with Crippen molar-refractivity contribution in [2.45, 2.75) is 37.9 Å². The number of thiophene rings is 1. The number of nitrogen functional groups attached to an aromatic ring is 1. The van der Waals surface area contributed by atoms with Gasteiger partial charge >= 0.3 is 6.18 Å². The van der Waals surface area contributed by atoms with Gasteiger partial charge in [-0.05, 0) is 56.0 Å². The SMILES string of the molecule is Nc1sc(-c2ccc(C(F)(F)F)cc2)cc1C(=O)N1CCC(N2CCC[C@@H](C(=O)N3CCOCC3)C2)CC1. The van der Waals surface area contributed by atoms with Crippen LogP contribution in [0, 0.1) is 5.92 Å². The topological polar surface area (TPSA) is 79.1 Å². The molecule has 1 aromatic heterocycles. The summed E-state index contributed by atoms with van der Waals surface area (Å²) in [6, 6.07) is 6.91. The highest BCUT2D eigenvalue weighted by Gasteiger charge is 2.35. The molecule has 2 N–H and O–H groups in total. The van der Waals surface area contributed by atoms with Crippen LogP contribution in [0.25, 0.3) is 10.4 Å². The molecule has 2 aromatic rings. The van der Waals surface area contributed by atoms with E-state index < -0.39 is 11.7 Å². The number of carbonyl (C=O) groups excluding carboxylic acids is 2. The Kier molecular flexibility index (Phi) is 7.97. The lowest BCUT2D eigenvalue weighted by Gasteiger charge is -2.43. The number of nitrogens with two attached hydrogens (primary N) is 1. The summed E-state index contributed by atoms with van der Waals surface area (Å²) in [6.07, 6.45) is -0.811. The third-order valence-corrected chi connectivity index (χ3v) is 8.89. The minimum absolute atomic E-state index is 0.0238. The van der Waals surface area contributed by atoms with Crippen LogP contribution in [-0.4, -0.2) is 85.0 Å². The quantitative estimate of drug-likeness (QED) is 0.618.